The molecule has 0 spiro atoms. The molecule has 6 nitrogen and oxygen atoms in total. The van der Waals surface area contributed by atoms with Crippen LogP contribution in [-0.2, 0) is 11.2 Å². The van der Waals surface area contributed by atoms with E-state index in [0.29, 0.717) is 24.6 Å². The van der Waals surface area contributed by atoms with E-state index in [9.17, 15) is 13.6 Å². The van der Waals surface area contributed by atoms with Gasteiger partial charge in [-0.3, -0.25) is 4.79 Å². The lowest BCUT2D eigenvalue weighted by molar-refractivity contribution is -0.123. The zero-order valence-electron chi connectivity index (χ0n) is 12.1. The number of nitrogens with zero attached hydrogens (tertiary/aromatic N) is 2. The Kier molecular flexibility index (Phi) is 7.53. The average Bonchev–Trinajstić information content (AvgIpc) is 3.16. The molecular weight excluding hydrogens is 350 g/mol. The highest BCUT2D eigenvalue weighted by Crippen LogP contribution is 2.21. The van der Waals surface area contributed by atoms with Gasteiger partial charge in [0.25, 0.3) is 5.92 Å². The second-order valence-corrected chi connectivity index (χ2v) is 5.63. The number of nitrogens with one attached hydrogen (secondary N) is 1. The Morgan fingerprint density at radius 1 is 1.48 bits per heavy atom. The van der Waals surface area contributed by atoms with Crippen molar-refractivity contribution in [2.24, 2.45) is 5.73 Å². The van der Waals surface area contributed by atoms with Gasteiger partial charge in [0.15, 0.2) is 0 Å². The molecule has 2 heterocycles. The van der Waals surface area contributed by atoms with E-state index in [-0.39, 0.29) is 18.8 Å². The number of carbonyl (C=O) groups is 1. The standard InChI is InChI=1S/C13H16F2N4O2S.ClH/c14-13(15,7-16)8-17-10(20)4-1-5-11-18-12(19-21-11)9-3-2-6-22-9;/h2-3,6H,1,4-5,7-8,16H2,(H,17,20);1H. The van der Waals surface area contributed by atoms with E-state index in [1.807, 2.05) is 17.5 Å². The third-order valence-electron chi connectivity index (χ3n) is 2.85. The summed E-state index contributed by atoms with van der Waals surface area (Å²) < 4.78 is 30.8. The Bertz CT molecular complexity index is 607. The Morgan fingerprint density at radius 3 is 2.91 bits per heavy atom. The van der Waals surface area contributed by atoms with Crippen molar-refractivity contribution in [2.45, 2.75) is 25.2 Å². The van der Waals surface area contributed by atoms with Gasteiger partial charge in [0.05, 0.1) is 18.0 Å². The lowest BCUT2D eigenvalue weighted by Gasteiger charge is -2.14. The first-order chi connectivity index (χ1) is 10.5. The zero-order valence-corrected chi connectivity index (χ0v) is 13.8. The van der Waals surface area contributed by atoms with Crippen LogP contribution in [0.2, 0.25) is 0 Å². The summed E-state index contributed by atoms with van der Waals surface area (Å²) in [6.45, 7) is -1.54. The molecule has 3 N–H and O–H groups in total. The number of amides is 1. The summed E-state index contributed by atoms with van der Waals surface area (Å²) in [5, 5.41) is 7.91. The summed E-state index contributed by atoms with van der Waals surface area (Å²) in [6, 6.07) is 3.77. The van der Waals surface area contributed by atoms with Crippen molar-refractivity contribution >= 4 is 29.7 Å². The number of aryl methyl sites for hydroxylation is 1. The number of hydrogen-bond donors (Lipinski definition) is 2. The number of aromatic nitrogens is 2. The summed E-state index contributed by atoms with van der Waals surface area (Å²) >= 11 is 1.50. The van der Waals surface area contributed by atoms with Crippen LogP contribution >= 0.6 is 23.7 Å². The van der Waals surface area contributed by atoms with E-state index in [4.69, 9.17) is 10.3 Å². The monoisotopic (exact) mass is 366 g/mol. The van der Waals surface area contributed by atoms with Crippen molar-refractivity contribution in [3.05, 3.63) is 23.4 Å². The molecule has 0 saturated heterocycles. The van der Waals surface area contributed by atoms with Crippen LogP contribution in [-0.4, -0.2) is 35.1 Å². The summed E-state index contributed by atoms with van der Waals surface area (Å²) in [5.74, 6) is -2.59. The molecule has 2 aromatic heterocycles. The molecule has 0 aliphatic rings. The van der Waals surface area contributed by atoms with Gasteiger partial charge in [-0.25, -0.2) is 8.78 Å². The SMILES string of the molecule is Cl.NCC(F)(F)CNC(=O)CCCc1nc(-c2cccs2)no1. The molecule has 0 fully saturated rings. The zero-order chi connectivity index (χ0) is 16.0. The van der Waals surface area contributed by atoms with E-state index in [1.165, 1.54) is 11.3 Å². The number of thiophene rings is 1. The van der Waals surface area contributed by atoms with Crippen LogP contribution in [0.25, 0.3) is 10.7 Å². The van der Waals surface area contributed by atoms with Gasteiger partial charge in [0.2, 0.25) is 17.6 Å². The largest absolute Gasteiger partial charge is 0.350 e. The molecule has 2 aromatic rings. The second-order valence-electron chi connectivity index (χ2n) is 4.68. The molecule has 0 bridgehead atoms. The number of nitrogens with two attached hydrogens (primary N) is 1. The molecule has 10 heteroatoms. The van der Waals surface area contributed by atoms with E-state index in [0.717, 1.165) is 4.88 Å². The second kappa shape index (κ2) is 8.90. The first kappa shape index (κ1) is 19.5. The van der Waals surface area contributed by atoms with Gasteiger partial charge >= 0.3 is 0 Å². The molecule has 0 unspecified atom stereocenters. The summed E-state index contributed by atoms with van der Waals surface area (Å²) in [5.41, 5.74) is 4.88. The molecule has 0 aromatic carbocycles. The number of carbonyl (C=O) groups excluding carboxylic acids is 1. The van der Waals surface area contributed by atoms with Crippen molar-refractivity contribution in [1.29, 1.82) is 0 Å². The first-order valence-electron chi connectivity index (χ1n) is 6.71. The third kappa shape index (κ3) is 6.20. The lowest BCUT2D eigenvalue weighted by atomic mass is 10.2. The molecule has 128 valence electrons. The maximum Gasteiger partial charge on any atom is 0.277 e. The van der Waals surface area contributed by atoms with Gasteiger partial charge in [0, 0.05) is 12.8 Å². The quantitative estimate of drug-likeness (QED) is 0.747. The van der Waals surface area contributed by atoms with Crippen LogP contribution in [0.5, 0.6) is 0 Å². The van der Waals surface area contributed by atoms with Crippen molar-refractivity contribution in [3.63, 3.8) is 0 Å². The third-order valence-corrected chi connectivity index (χ3v) is 3.71. The van der Waals surface area contributed by atoms with Gasteiger partial charge in [-0.2, -0.15) is 4.98 Å². The van der Waals surface area contributed by atoms with Crippen LogP contribution < -0.4 is 11.1 Å². The van der Waals surface area contributed by atoms with E-state index in [2.05, 4.69) is 15.5 Å². The molecule has 0 atom stereocenters. The number of alkyl halides is 2. The first-order valence-corrected chi connectivity index (χ1v) is 7.59. The summed E-state index contributed by atoms with van der Waals surface area (Å²) in [4.78, 5) is 16.5. The Morgan fingerprint density at radius 2 is 2.26 bits per heavy atom. The highest BCUT2D eigenvalue weighted by Gasteiger charge is 2.26. The molecule has 0 aliphatic carbocycles. The van der Waals surface area contributed by atoms with Crippen molar-refractivity contribution in [2.75, 3.05) is 13.1 Å². The fourth-order valence-corrected chi connectivity index (χ4v) is 2.30. The van der Waals surface area contributed by atoms with Crippen LogP contribution in [0.4, 0.5) is 8.78 Å². The molecule has 23 heavy (non-hydrogen) atoms. The van der Waals surface area contributed by atoms with Crippen LogP contribution in [0, 0.1) is 0 Å². The maximum absolute atomic E-state index is 12.9. The predicted molar refractivity (Wildman–Crippen MR) is 84.8 cm³/mol. The highest BCUT2D eigenvalue weighted by molar-refractivity contribution is 7.13. The summed E-state index contributed by atoms with van der Waals surface area (Å²) in [7, 11) is 0. The van der Waals surface area contributed by atoms with Crippen LogP contribution in [0.1, 0.15) is 18.7 Å². The minimum Gasteiger partial charge on any atom is -0.350 e. The molecule has 1 amide bonds. The van der Waals surface area contributed by atoms with E-state index < -0.39 is 24.9 Å². The Hall–Kier alpha value is -1.58. The topological polar surface area (TPSA) is 94.0 Å². The molecule has 0 radical (unpaired) electrons. The molecule has 2 rings (SSSR count). The van der Waals surface area contributed by atoms with Crippen molar-refractivity contribution < 1.29 is 18.1 Å². The van der Waals surface area contributed by atoms with Crippen LogP contribution in [0.3, 0.4) is 0 Å². The highest BCUT2D eigenvalue weighted by atomic mass is 35.5. The molecule has 0 saturated carbocycles. The number of hydrogen-bond acceptors (Lipinski definition) is 6. The van der Waals surface area contributed by atoms with Crippen molar-refractivity contribution in [3.8, 4) is 10.7 Å². The maximum atomic E-state index is 12.9. The smallest absolute Gasteiger partial charge is 0.277 e. The summed E-state index contributed by atoms with van der Waals surface area (Å²) in [6.07, 6.45) is 0.961. The number of rotatable bonds is 8. The van der Waals surface area contributed by atoms with E-state index >= 15 is 0 Å². The predicted octanol–water partition coefficient (Wildman–Crippen LogP) is 2.25. The Labute approximate surface area is 141 Å². The normalized spacial score (nSPS) is 11.1. The van der Waals surface area contributed by atoms with E-state index in [1.54, 1.807) is 0 Å². The van der Waals surface area contributed by atoms with Gasteiger partial charge in [-0.15, -0.1) is 23.7 Å². The van der Waals surface area contributed by atoms with Gasteiger partial charge in [-0.1, -0.05) is 11.2 Å². The minimum absolute atomic E-state index is 0. The van der Waals surface area contributed by atoms with Gasteiger partial charge < -0.3 is 15.6 Å². The lowest BCUT2D eigenvalue weighted by Crippen LogP contribution is -2.41. The van der Waals surface area contributed by atoms with Gasteiger partial charge in [-0.05, 0) is 17.9 Å². The number of halogens is 3. The molecule has 0 aliphatic heterocycles. The minimum atomic E-state index is -3.07. The van der Waals surface area contributed by atoms with Crippen LogP contribution in [0.15, 0.2) is 22.0 Å². The van der Waals surface area contributed by atoms with Gasteiger partial charge in [0.1, 0.15) is 0 Å². The Balaban J connectivity index is 0.00000264. The fourth-order valence-electron chi connectivity index (χ4n) is 1.65. The average molecular weight is 367 g/mol. The molecular formula is C13H17ClF2N4O2S. The van der Waals surface area contributed by atoms with Crippen molar-refractivity contribution in [1.82, 2.24) is 15.5 Å². The fraction of sp³-hybridized carbons (Fsp3) is 0.462.